The van der Waals surface area contributed by atoms with Crippen molar-refractivity contribution in [2.24, 2.45) is 0 Å². The molecule has 312 valence electrons. The van der Waals surface area contributed by atoms with Crippen molar-refractivity contribution in [1.82, 2.24) is 59.3 Å². The Labute approximate surface area is 375 Å². The van der Waals surface area contributed by atoms with Crippen LogP contribution in [0.1, 0.15) is 80.1 Å². The quantitative estimate of drug-likeness (QED) is 0.154. The molecule has 10 rings (SSSR count). The van der Waals surface area contributed by atoms with Gasteiger partial charge in [0.25, 0.3) is 11.8 Å². The Hall–Kier alpha value is -6.32. The summed E-state index contributed by atoms with van der Waals surface area (Å²) in [4.78, 5) is 43.1. The van der Waals surface area contributed by atoms with Crippen molar-refractivity contribution in [2.75, 3.05) is 0 Å². The second-order valence-electron chi connectivity index (χ2n) is 14.6. The zero-order chi connectivity index (χ0) is 42.7. The fraction of sp³-hybridized carbons (Fsp3) is 0.182. The Balaban J connectivity index is 0.000000158. The van der Waals surface area contributed by atoms with Crippen LogP contribution in [0.25, 0.3) is 11.4 Å². The lowest BCUT2D eigenvalue weighted by Crippen LogP contribution is -2.31. The van der Waals surface area contributed by atoms with Crippen LogP contribution in [0.4, 0.5) is 0 Å². The molecule has 0 saturated heterocycles. The molecule has 2 amide bonds. The number of benzene rings is 4. The Bertz CT molecular complexity index is 2680. The molecule has 2 atom stereocenters. The first kappa shape index (κ1) is 41.1. The van der Waals surface area contributed by atoms with Crippen LogP contribution in [0.2, 0.25) is 20.1 Å². The highest BCUT2D eigenvalue weighted by Gasteiger charge is 2.28. The molecule has 0 bridgehead atoms. The van der Waals surface area contributed by atoms with Crippen LogP contribution < -0.4 is 10.6 Å². The van der Waals surface area contributed by atoms with Gasteiger partial charge in [0.1, 0.15) is 24.3 Å². The average Bonchev–Trinajstić information content (AvgIpc) is 4.11. The molecule has 18 heteroatoms. The van der Waals surface area contributed by atoms with E-state index in [0.717, 1.165) is 59.8 Å². The van der Waals surface area contributed by atoms with E-state index in [0.29, 0.717) is 33.2 Å². The SMILES string of the molecule is O=C(N[C@@H]1CCc2ccccc2-n2ccnc21)c1ncn(Cc2c(Cl)cccc2Cl)n1.O=C(N[C@H]1CCc2ccccc2-n2ccnc21)c1ncn(Cc2c(Cl)cccc2Cl)n1. The first-order valence-electron chi connectivity index (χ1n) is 19.7. The lowest BCUT2D eigenvalue weighted by Gasteiger charge is -2.15. The minimum Gasteiger partial charge on any atom is -0.339 e. The van der Waals surface area contributed by atoms with Gasteiger partial charge < -0.3 is 19.8 Å². The molecule has 4 aromatic heterocycles. The number of rotatable bonds is 8. The lowest BCUT2D eigenvalue weighted by molar-refractivity contribution is 0.0914. The number of carbonyl (C=O) groups excluding carboxylic acids is 2. The normalized spacial score (nSPS) is 15.1. The van der Waals surface area contributed by atoms with E-state index in [9.17, 15) is 9.59 Å². The summed E-state index contributed by atoms with van der Waals surface area (Å²) < 4.78 is 7.15. The minimum absolute atomic E-state index is 0.0862. The number of nitrogens with one attached hydrogen (secondary N) is 2. The molecule has 2 N–H and O–H groups in total. The molecule has 6 heterocycles. The van der Waals surface area contributed by atoms with Crippen LogP contribution in [0, 0.1) is 0 Å². The van der Waals surface area contributed by atoms with E-state index in [-0.39, 0.29) is 35.5 Å². The van der Waals surface area contributed by atoms with Gasteiger partial charge in [0.05, 0.1) is 25.2 Å². The number of amides is 2. The molecule has 2 aliphatic heterocycles. The molecule has 0 fully saturated rings. The number of aromatic nitrogens is 10. The van der Waals surface area contributed by atoms with Crippen molar-refractivity contribution in [3.8, 4) is 11.4 Å². The molecule has 0 saturated carbocycles. The molecule has 8 aromatic rings. The summed E-state index contributed by atoms with van der Waals surface area (Å²) in [6.45, 7) is 0.643. The van der Waals surface area contributed by atoms with E-state index in [4.69, 9.17) is 46.4 Å². The number of halogens is 4. The van der Waals surface area contributed by atoms with Gasteiger partial charge >= 0.3 is 0 Å². The van der Waals surface area contributed by atoms with Crippen LogP contribution in [-0.2, 0) is 25.9 Å². The third-order valence-electron chi connectivity index (χ3n) is 10.7. The van der Waals surface area contributed by atoms with E-state index < -0.39 is 0 Å². The van der Waals surface area contributed by atoms with Crippen molar-refractivity contribution in [3.05, 3.63) is 188 Å². The monoisotopic (exact) mass is 904 g/mol. The zero-order valence-corrected chi connectivity index (χ0v) is 35.8. The number of hydrogen-bond donors (Lipinski definition) is 2. The van der Waals surface area contributed by atoms with Gasteiger partial charge in [0, 0.05) is 67.4 Å². The highest BCUT2D eigenvalue weighted by molar-refractivity contribution is 6.36. The number of nitrogens with zero attached hydrogens (tertiary/aromatic N) is 10. The van der Waals surface area contributed by atoms with E-state index in [2.05, 4.69) is 65.0 Å². The fourth-order valence-corrected chi connectivity index (χ4v) is 8.72. The molecule has 14 nitrogen and oxygen atoms in total. The lowest BCUT2D eigenvalue weighted by atomic mass is 10.1. The predicted molar refractivity (Wildman–Crippen MR) is 235 cm³/mol. The molecular formula is C44H36Cl4N12O2. The summed E-state index contributed by atoms with van der Waals surface area (Å²) >= 11 is 24.9. The largest absolute Gasteiger partial charge is 0.339 e. The van der Waals surface area contributed by atoms with Crippen LogP contribution in [0.5, 0.6) is 0 Å². The molecule has 0 spiro atoms. The summed E-state index contributed by atoms with van der Waals surface area (Å²) in [6.07, 6.45) is 13.4. The maximum atomic E-state index is 12.9. The smallest absolute Gasteiger partial charge is 0.291 e. The Morgan fingerprint density at radius 3 is 1.37 bits per heavy atom. The van der Waals surface area contributed by atoms with Crippen LogP contribution in [0.3, 0.4) is 0 Å². The second kappa shape index (κ2) is 18.0. The number of fused-ring (bicyclic) bond motifs is 6. The van der Waals surface area contributed by atoms with E-state index in [1.807, 2.05) is 45.8 Å². The molecular weight excluding hydrogens is 870 g/mol. The molecule has 62 heavy (non-hydrogen) atoms. The molecule has 2 aliphatic rings. The van der Waals surface area contributed by atoms with Crippen molar-refractivity contribution in [1.29, 1.82) is 0 Å². The molecule has 0 unspecified atom stereocenters. The number of hydrogen-bond acceptors (Lipinski definition) is 8. The van der Waals surface area contributed by atoms with Crippen molar-refractivity contribution < 1.29 is 9.59 Å². The van der Waals surface area contributed by atoms with Crippen LogP contribution in [0.15, 0.2) is 122 Å². The standard InChI is InChI=1S/2C22H18Cl2N6O/c2*23-16-5-3-6-17(24)15(16)12-29-13-26-20(28-29)22(31)27-18-9-8-14-4-1-2-7-19(14)30-11-10-25-21(18)30/h2*1-7,10-11,13,18H,8-9,12H2,(H,27,31)/t2*18-/m10/s1. The van der Waals surface area contributed by atoms with Crippen molar-refractivity contribution in [2.45, 2.75) is 50.9 Å². The first-order chi connectivity index (χ1) is 30.2. The number of carbonyl (C=O) groups is 2. The minimum atomic E-state index is -0.352. The highest BCUT2D eigenvalue weighted by atomic mass is 35.5. The average molecular weight is 907 g/mol. The number of imidazole rings is 2. The second-order valence-corrected chi connectivity index (χ2v) is 16.3. The molecule has 4 aromatic carbocycles. The van der Waals surface area contributed by atoms with Gasteiger partial charge in [-0.25, -0.2) is 29.3 Å². The Morgan fingerprint density at radius 2 is 0.952 bits per heavy atom. The maximum absolute atomic E-state index is 12.9. The van der Waals surface area contributed by atoms with E-state index >= 15 is 0 Å². The fourth-order valence-electron chi connectivity index (χ4n) is 7.68. The number of aryl methyl sites for hydroxylation is 2. The highest BCUT2D eigenvalue weighted by Crippen LogP contribution is 2.31. The summed E-state index contributed by atoms with van der Waals surface area (Å²) in [6, 6.07) is 26.5. The van der Waals surface area contributed by atoms with E-state index in [1.165, 1.54) is 23.8 Å². The van der Waals surface area contributed by atoms with Gasteiger partial charge in [-0.1, -0.05) is 94.9 Å². The van der Waals surface area contributed by atoms with E-state index in [1.54, 1.807) is 58.2 Å². The summed E-state index contributed by atoms with van der Waals surface area (Å²) in [5.74, 6) is 1.05. The summed E-state index contributed by atoms with van der Waals surface area (Å²) in [5, 5.41) is 16.9. The summed E-state index contributed by atoms with van der Waals surface area (Å²) in [7, 11) is 0. The van der Waals surface area contributed by atoms with Gasteiger partial charge in [-0.2, -0.15) is 0 Å². The van der Waals surface area contributed by atoms with Gasteiger partial charge in [0.15, 0.2) is 0 Å². The summed E-state index contributed by atoms with van der Waals surface area (Å²) in [5.41, 5.74) is 6.07. The van der Waals surface area contributed by atoms with Crippen molar-refractivity contribution >= 4 is 58.2 Å². The van der Waals surface area contributed by atoms with Crippen molar-refractivity contribution in [3.63, 3.8) is 0 Å². The Kier molecular flexibility index (Phi) is 11.9. The van der Waals surface area contributed by atoms with Gasteiger partial charge in [-0.15, -0.1) is 10.2 Å². The first-order valence-corrected chi connectivity index (χ1v) is 21.2. The predicted octanol–water partition coefficient (Wildman–Crippen LogP) is 8.47. The third-order valence-corrected chi connectivity index (χ3v) is 12.1. The molecule has 0 radical (unpaired) electrons. The van der Waals surface area contributed by atoms with Crippen LogP contribution in [-0.4, -0.2) is 60.4 Å². The van der Waals surface area contributed by atoms with Gasteiger partial charge in [0.2, 0.25) is 11.6 Å². The third kappa shape index (κ3) is 8.59. The maximum Gasteiger partial charge on any atom is 0.291 e. The van der Waals surface area contributed by atoms with Crippen LogP contribution >= 0.6 is 46.4 Å². The topological polar surface area (TPSA) is 155 Å². The van der Waals surface area contributed by atoms with Gasteiger partial charge in [-0.3, -0.25) is 9.59 Å². The molecule has 0 aliphatic carbocycles. The zero-order valence-electron chi connectivity index (χ0n) is 32.7. The van der Waals surface area contributed by atoms with Gasteiger partial charge in [-0.05, 0) is 73.2 Å². The number of para-hydroxylation sites is 2. The Morgan fingerprint density at radius 1 is 0.548 bits per heavy atom.